The first-order chi connectivity index (χ1) is 8.85. The van der Waals surface area contributed by atoms with E-state index in [9.17, 15) is 20.1 Å². The maximum atomic E-state index is 11.0. The molecule has 11 nitrogen and oxygen atoms in total. The molecule has 0 aromatic heterocycles. The van der Waals surface area contributed by atoms with Crippen LogP contribution in [0.15, 0.2) is 5.22 Å². The fourth-order valence-corrected chi connectivity index (χ4v) is 1.78. The zero-order chi connectivity index (χ0) is 14.6. The molecule has 5 atom stereocenters. The summed E-state index contributed by atoms with van der Waals surface area (Å²) >= 11 is 0. The topological polar surface area (TPSA) is 180 Å². The molecule has 6 N–H and O–H groups in total. The normalized spacial score (nSPS) is 38.2. The highest BCUT2D eigenvalue weighted by Crippen LogP contribution is 2.26. The maximum Gasteiger partial charge on any atom is 0.295 e. The molecule has 0 aliphatic carbocycles. The number of ether oxygens (including phenoxy) is 1. The highest BCUT2D eigenvalue weighted by Gasteiger charge is 2.56. The molecule has 0 radical (unpaired) electrons. The van der Waals surface area contributed by atoms with Crippen molar-refractivity contribution in [2.45, 2.75) is 37.2 Å². The second-order valence-electron chi connectivity index (χ2n) is 3.99. The molecule has 1 heterocycles. The van der Waals surface area contributed by atoms with Crippen LogP contribution in [0.4, 0.5) is 0 Å². The van der Waals surface area contributed by atoms with E-state index in [1.807, 2.05) is 10.7 Å². The van der Waals surface area contributed by atoms with E-state index in [0.29, 0.717) is 0 Å². The van der Waals surface area contributed by atoms with Gasteiger partial charge in [0, 0.05) is 6.92 Å². The maximum absolute atomic E-state index is 11.0. The van der Waals surface area contributed by atoms with Crippen molar-refractivity contribution in [1.82, 2.24) is 10.7 Å². The van der Waals surface area contributed by atoms with Gasteiger partial charge in [0.05, 0.1) is 6.61 Å². The first-order valence-electron chi connectivity index (χ1n) is 5.31. The molecule has 0 spiro atoms. The minimum Gasteiger partial charge on any atom is -0.394 e. The predicted molar refractivity (Wildman–Crippen MR) is 58.8 cm³/mol. The van der Waals surface area contributed by atoms with Crippen LogP contribution in [-0.4, -0.2) is 63.2 Å². The van der Waals surface area contributed by atoms with Crippen molar-refractivity contribution in [3.05, 3.63) is 10.4 Å². The van der Waals surface area contributed by atoms with E-state index in [4.69, 9.17) is 15.4 Å². The van der Waals surface area contributed by atoms with Crippen LogP contribution < -0.4 is 10.7 Å². The number of hydrogen-bond donors (Lipinski definition) is 6. The van der Waals surface area contributed by atoms with Gasteiger partial charge in [0.15, 0.2) is 6.04 Å². The van der Waals surface area contributed by atoms with Crippen molar-refractivity contribution in [2.24, 2.45) is 5.22 Å². The molecule has 0 aromatic carbocycles. The molecule has 1 amide bonds. The molecule has 11 heteroatoms. The van der Waals surface area contributed by atoms with Gasteiger partial charge in [-0.1, -0.05) is 0 Å². The highest BCUT2D eigenvalue weighted by atomic mass is 16.7. The van der Waals surface area contributed by atoms with E-state index < -0.39 is 42.8 Å². The largest absolute Gasteiger partial charge is 0.394 e. The van der Waals surface area contributed by atoms with Crippen molar-refractivity contribution >= 4 is 5.91 Å². The Morgan fingerprint density at radius 3 is 2.63 bits per heavy atom. The molecule has 1 aliphatic heterocycles. The third-order valence-corrected chi connectivity index (χ3v) is 2.60. The molecule has 1 fully saturated rings. The summed E-state index contributed by atoms with van der Waals surface area (Å²) in [5.74, 6) is -3.15. The Hall–Kier alpha value is -1.62. The predicted octanol–water partition coefficient (Wildman–Crippen LogP) is -2.93. The number of aliphatic hydroxyl groups excluding tert-OH is 3. The number of amides is 1. The lowest BCUT2D eigenvalue weighted by Crippen LogP contribution is -2.74. The monoisotopic (exact) mass is 277 g/mol. The quantitative estimate of drug-likeness (QED) is 0.104. The van der Waals surface area contributed by atoms with Crippen molar-refractivity contribution in [3.8, 4) is 0 Å². The van der Waals surface area contributed by atoms with Crippen LogP contribution in [0.2, 0.25) is 0 Å². The van der Waals surface area contributed by atoms with Gasteiger partial charge in [-0.2, -0.15) is 4.91 Å². The van der Waals surface area contributed by atoms with Gasteiger partial charge in [0.2, 0.25) is 5.91 Å². The van der Waals surface area contributed by atoms with Crippen LogP contribution in [0.5, 0.6) is 0 Å². The van der Waals surface area contributed by atoms with E-state index in [0.717, 1.165) is 6.92 Å². The summed E-state index contributed by atoms with van der Waals surface area (Å²) in [6.07, 6.45) is -4.53. The summed E-state index contributed by atoms with van der Waals surface area (Å²) in [5.41, 5.74) is 10.2. The van der Waals surface area contributed by atoms with Gasteiger partial charge in [0.1, 0.15) is 18.3 Å². The number of aliphatic hydroxyl groups is 4. The Balaban J connectivity index is 3.04. The average Bonchev–Trinajstić information content (AvgIpc) is 2.33. The second kappa shape index (κ2) is 6.02. The lowest BCUT2D eigenvalue weighted by Gasteiger charge is -2.45. The lowest BCUT2D eigenvalue weighted by atomic mass is 9.94. The van der Waals surface area contributed by atoms with Gasteiger partial charge in [0.25, 0.3) is 5.91 Å². The van der Waals surface area contributed by atoms with Crippen molar-refractivity contribution in [2.75, 3.05) is 6.61 Å². The molecular formula is C8H15N5O6. The number of carbonyl (C=O) groups is 1. The summed E-state index contributed by atoms with van der Waals surface area (Å²) in [6.45, 7) is 0.381. The van der Waals surface area contributed by atoms with Crippen LogP contribution in [0.1, 0.15) is 6.92 Å². The SMILES string of the molecule is CC(=O)NC1(O)O[C@H](CO)[C@@H](O)[C@H](O)[C@@H]1NN=[N+]=[N-]. The fraction of sp³-hybridized carbons (Fsp3) is 0.875. The summed E-state index contributed by atoms with van der Waals surface area (Å²) < 4.78 is 4.94. The highest BCUT2D eigenvalue weighted by molar-refractivity contribution is 5.73. The zero-order valence-corrected chi connectivity index (χ0v) is 9.96. The number of carbonyl (C=O) groups excluding carboxylic acids is 1. The minimum absolute atomic E-state index is 0.699. The van der Waals surface area contributed by atoms with Gasteiger partial charge in [-0.25, -0.2) is 5.43 Å². The van der Waals surface area contributed by atoms with Crippen LogP contribution in [0.3, 0.4) is 0 Å². The van der Waals surface area contributed by atoms with Gasteiger partial charge in [-0.3, -0.25) is 4.79 Å². The Labute approximate surface area is 107 Å². The molecule has 0 bridgehead atoms. The molecule has 19 heavy (non-hydrogen) atoms. The summed E-state index contributed by atoms with van der Waals surface area (Å²) in [4.78, 5) is 13.4. The molecule has 1 saturated heterocycles. The Morgan fingerprint density at radius 1 is 1.53 bits per heavy atom. The van der Waals surface area contributed by atoms with E-state index in [2.05, 4.69) is 10.1 Å². The molecule has 108 valence electrons. The van der Waals surface area contributed by atoms with Gasteiger partial charge in [-0.15, -0.1) is 5.53 Å². The Bertz CT molecular complexity index is 388. The molecule has 0 aromatic rings. The summed E-state index contributed by atoms with van der Waals surface area (Å²) in [7, 11) is 0. The van der Waals surface area contributed by atoms with E-state index in [1.54, 1.807) is 0 Å². The second-order valence-corrected chi connectivity index (χ2v) is 3.99. The minimum atomic E-state index is -2.45. The average molecular weight is 277 g/mol. The lowest BCUT2D eigenvalue weighted by molar-refractivity contribution is -0.329. The summed E-state index contributed by atoms with van der Waals surface area (Å²) in [5, 5.41) is 43.5. The van der Waals surface area contributed by atoms with E-state index in [-0.39, 0.29) is 0 Å². The number of hydrogen-bond acceptors (Lipinski definition) is 7. The van der Waals surface area contributed by atoms with Crippen molar-refractivity contribution in [1.29, 1.82) is 0 Å². The van der Waals surface area contributed by atoms with E-state index >= 15 is 0 Å². The third-order valence-electron chi connectivity index (χ3n) is 2.60. The molecule has 0 saturated carbocycles. The Morgan fingerprint density at radius 2 is 2.16 bits per heavy atom. The third kappa shape index (κ3) is 3.23. The molecule has 1 aliphatic rings. The number of nitrogens with one attached hydrogen (secondary N) is 2. The van der Waals surface area contributed by atoms with Crippen LogP contribution in [-0.2, 0) is 9.53 Å². The number of rotatable bonds is 4. The smallest absolute Gasteiger partial charge is 0.295 e. The van der Waals surface area contributed by atoms with Crippen molar-refractivity contribution < 1.29 is 30.0 Å². The van der Waals surface area contributed by atoms with Gasteiger partial charge in [-0.05, 0) is 5.22 Å². The first kappa shape index (κ1) is 15.4. The Kier molecular flexibility index (Phi) is 4.89. The molecule has 1 rings (SSSR count). The number of nitrogens with zero attached hydrogens (tertiary/aromatic N) is 3. The number of azide groups is 1. The van der Waals surface area contributed by atoms with Crippen LogP contribution in [0, 0.1) is 0 Å². The van der Waals surface area contributed by atoms with Crippen LogP contribution in [0.25, 0.3) is 10.4 Å². The van der Waals surface area contributed by atoms with Gasteiger partial charge < -0.3 is 30.5 Å². The fourth-order valence-electron chi connectivity index (χ4n) is 1.78. The first-order valence-corrected chi connectivity index (χ1v) is 5.31. The molecule has 1 unspecified atom stereocenters. The van der Waals surface area contributed by atoms with Crippen molar-refractivity contribution in [3.63, 3.8) is 0 Å². The standard InChI is InChI=1S/C8H15N5O6/c1-3(15)10-8(18)7(11-13-12-9)6(17)5(16)4(2-14)19-8/h4-7,11,14,16-18H,2H2,1H3,(H,10,15)/t4-,5-,6+,7+,8?/m1/s1. The van der Waals surface area contributed by atoms with Gasteiger partial charge >= 0.3 is 0 Å². The molecular weight excluding hydrogens is 262 g/mol. The van der Waals surface area contributed by atoms with E-state index in [1.165, 1.54) is 0 Å². The van der Waals surface area contributed by atoms with Crippen LogP contribution >= 0.6 is 0 Å². The summed E-state index contributed by atoms with van der Waals surface area (Å²) in [6, 6.07) is -1.52. The zero-order valence-electron chi connectivity index (χ0n) is 9.96.